The third-order valence-corrected chi connectivity index (χ3v) is 6.03. The topological polar surface area (TPSA) is 95.4 Å². The van der Waals surface area contributed by atoms with Gasteiger partial charge in [0.15, 0.2) is 0 Å². The molecule has 3 rings (SSSR count). The zero-order valence-corrected chi connectivity index (χ0v) is 13.3. The summed E-state index contributed by atoms with van der Waals surface area (Å²) in [6, 6.07) is 6.80. The van der Waals surface area contributed by atoms with Crippen molar-refractivity contribution in [3.05, 3.63) is 34.9 Å². The zero-order chi connectivity index (χ0) is 15.2. The summed E-state index contributed by atoms with van der Waals surface area (Å²) in [6.45, 7) is 0.415. The summed E-state index contributed by atoms with van der Waals surface area (Å²) < 4.78 is 28.7. The number of hydrogen-bond acceptors (Lipinski definition) is 5. The minimum absolute atomic E-state index is 0.0742. The van der Waals surface area contributed by atoms with Gasteiger partial charge in [-0.3, -0.25) is 0 Å². The summed E-state index contributed by atoms with van der Waals surface area (Å²) in [5.74, 6) is 0.720. The van der Waals surface area contributed by atoms with E-state index < -0.39 is 10.0 Å². The maximum atomic E-state index is 11.4. The number of halogens is 1. The number of rotatable bonds is 3. The first kappa shape index (κ1) is 14.8. The van der Waals surface area contributed by atoms with Gasteiger partial charge in [-0.05, 0) is 24.3 Å². The number of ether oxygens (including phenoxy) is 1. The Morgan fingerprint density at radius 2 is 2.14 bits per heavy atom. The van der Waals surface area contributed by atoms with Crippen molar-refractivity contribution in [3.63, 3.8) is 0 Å². The summed E-state index contributed by atoms with van der Waals surface area (Å²) in [5.41, 5.74) is 7.41. The monoisotopic (exact) mass is 344 g/mol. The molecule has 1 aliphatic heterocycles. The Morgan fingerprint density at radius 1 is 1.38 bits per heavy atom. The second-order valence-electron chi connectivity index (χ2n) is 4.78. The number of sulfonamides is 1. The lowest BCUT2D eigenvalue weighted by atomic mass is 10.1. The van der Waals surface area contributed by atoms with Gasteiger partial charge >= 0.3 is 0 Å². The third-order valence-electron chi connectivity index (χ3n) is 3.25. The van der Waals surface area contributed by atoms with Crippen LogP contribution in [0.2, 0.25) is 5.02 Å². The van der Waals surface area contributed by atoms with Gasteiger partial charge in [-0.15, -0.1) is 11.3 Å². The van der Waals surface area contributed by atoms with Gasteiger partial charge in [0.05, 0.1) is 0 Å². The van der Waals surface area contributed by atoms with Crippen molar-refractivity contribution in [1.82, 2.24) is 0 Å². The molecule has 0 bridgehead atoms. The van der Waals surface area contributed by atoms with Gasteiger partial charge in [0.1, 0.15) is 16.1 Å². The summed E-state index contributed by atoms with van der Waals surface area (Å²) in [7, 11) is -3.70. The minimum atomic E-state index is -3.70. The quantitative estimate of drug-likeness (QED) is 0.889. The Kier molecular flexibility index (Phi) is 3.71. The van der Waals surface area contributed by atoms with Gasteiger partial charge in [0.25, 0.3) is 0 Å². The van der Waals surface area contributed by atoms with E-state index in [9.17, 15) is 8.42 Å². The van der Waals surface area contributed by atoms with Gasteiger partial charge < -0.3 is 10.5 Å². The molecule has 21 heavy (non-hydrogen) atoms. The van der Waals surface area contributed by atoms with Crippen molar-refractivity contribution in [2.24, 2.45) is 10.9 Å². The largest absolute Gasteiger partial charge is 0.488 e. The fourth-order valence-electron chi connectivity index (χ4n) is 2.33. The van der Waals surface area contributed by atoms with E-state index in [1.807, 2.05) is 6.07 Å². The number of fused-ring (bicyclic) bond motifs is 1. The molecule has 1 aliphatic rings. The molecule has 0 aliphatic carbocycles. The lowest BCUT2D eigenvalue weighted by Crippen LogP contribution is -2.24. The SMILES string of the molecule is NC[C@H]1Cc2cc(Cl)cc(-c3ccc(S(N)(=O)=O)s3)c2O1. The number of benzene rings is 1. The highest BCUT2D eigenvalue weighted by Crippen LogP contribution is 2.43. The molecule has 0 spiro atoms. The van der Waals surface area contributed by atoms with E-state index >= 15 is 0 Å². The predicted octanol–water partition coefficient (Wildman–Crippen LogP) is 1.98. The van der Waals surface area contributed by atoms with E-state index in [2.05, 4.69) is 0 Å². The van der Waals surface area contributed by atoms with Crippen LogP contribution in [0, 0.1) is 0 Å². The summed E-state index contributed by atoms with van der Waals surface area (Å²) >= 11 is 7.23. The molecule has 1 atom stereocenters. The highest BCUT2D eigenvalue weighted by Gasteiger charge is 2.26. The lowest BCUT2D eigenvalue weighted by molar-refractivity contribution is 0.242. The number of primary sulfonamides is 1. The van der Waals surface area contributed by atoms with Crippen molar-refractivity contribution < 1.29 is 13.2 Å². The Labute approximate surface area is 131 Å². The van der Waals surface area contributed by atoms with Crippen LogP contribution in [0.3, 0.4) is 0 Å². The smallest absolute Gasteiger partial charge is 0.247 e. The Balaban J connectivity index is 2.10. The van der Waals surface area contributed by atoms with Gasteiger partial charge in [-0.2, -0.15) is 0 Å². The van der Waals surface area contributed by atoms with Gasteiger partial charge in [0, 0.05) is 34.0 Å². The normalized spacial score (nSPS) is 17.6. The van der Waals surface area contributed by atoms with Crippen LogP contribution in [-0.2, 0) is 16.4 Å². The van der Waals surface area contributed by atoms with E-state index in [1.165, 1.54) is 6.07 Å². The van der Waals surface area contributed by atoms with Crippen LogP contribution in [0.25, 0.3) is 10.4 Å². The zero-order valence-electron chi connectivity index (χ0n) is 10.9. The van der Waals surface area contributed by atoms with Crippen LogP contribution < -0.4 is 15.6 Å². The molecule has 112 valence electrons. The van der Waals surface area contributed by atoms with Crippen molar-refractivity contribution in [2.75, 3.05) is 6.54 Å². The molecule has 1 aromatic carbocycles. The molecule has 0 amide bonds. The third kappa shape index (κ3) is 2.79. The first-order valence-corrected chi connectivity index (χ1v) is 8.94. The molecular weight excluding hydrogens is 332 g/mol. The summed E-state index contributed by atoms with van der Waals surface area (Å²) in [5, 5.41) is 5.72. The highest BCUT2D eigenvalue weighted by atomic mass is 35.5. The van der Waals surface area contributed by atoms with Crippen molar-refractivity contribution in [2.45, 2.75) is 16.7 Å². The molecule has 5 nitrogen and oxygen atoms in total. The maximum Gasteiger partial charge on any atom is 0.247 e. The van der Waals surface area contributed by atoms with Gasteiger partial charge in [-0.1, -0.05) is 11.6 Å². The molecule has 0 radical (unpaired) electrons. The van der Waals surface area contributed by atoms with E-state index in [0.717, 1.165) is 33.1 Å². The fourth-order valence-corrected chi connectivity index (χ4v) is 4.31. The molecule has 0 fully saturated rings. The van der Waals surface area contributed by atoms with Crippen LogP contribution >= 0.6 is 22.9 Å². The van der Waals surface area contributed by atoms with Crippen molar-refractivity contribution in [3.8, 4) is 16.2 Å². The fraction of sp³-hybridized carbons (Fsp3) is 0.231. The standard InChI is InChI=1S/C13H13ClN2O3S2/c14-8-3-7-4-9(6-15)19-13(7)10(5-8)11-1-2-12(20-11)21(16,17)18/h1-3,5,9H,4,6,15H2,(H2,16,17,18)/t9-/m1/s1. The number of hydrogen-bond donors (Lipinski definition) is 2. The van der Waals surface area contributed by atoms with Crippen LogP contribution in [-0.4, -0.2) is 21.1 Å². The molecule has 0 unspecified atom stereocenters. The molecule has 2 heterocycles. The Bertz CT molecular complexity index is 802. The molecule has 8 heteroatoms. The second-order valence-corrected chi connectivity index (χ2v) is 8.09. The average molecular weight is 345 g/mol. The van der Waals surface area contributed by atoms with E-state index in [0.29, 0.717) is 18.0 Å². The van der Waals surface area contributed by atoms with E-state index in [4.69, 9.17) is 27.2 Å². The molecule has 0 saturated heterocycles. The Hall–Kier alpha value is -1.12. The molecule has 1 aromatic heterocycles. The average Bonchev–Trinajstić information content (AvgIpc) is 3.03. The molecule has 2 aromatic rings. The maximum absolute atomic E-state index is 11.4. The van der Waals surface area contributed by atoms with Crippen LogP contribution in [0.1, 0.15) is 5.56 Å². The molecule has 0 saturated carbocycles. The van der Waals surface area contributed by atoms with Crippen molar-refractivity contribution in [1.29, 1.82) is 0 Å². The van der Waals surface area contributed by atoms with Gasteiger partial charge in [-0.25, -0.2) is 13.6 Å². The highest BCUT2D eigenvalue weighted by molar-refractivity contribution is 7.91. The number of nitrogens with two attached hydrogens (primary N) is 2. The first-order valence-electron chi connectivity index (χ1n) is 6.20. The van der Waals surface area contributed by atoms with Crippen molar-refractivity contribution >= 4 is 33.0 Å². The van der Waals surface area contributed by atoms with Crippen LogP contribution in [0.5, 0.6) is 5.75 Å². The summed E-state index contributed by atoms with van der Waals surface area (Å²) in [6.07, 6.45) is 0.627. The second kappa shape index (κ2) is 5.26. The van der Waals surface area contributed by atoms with Crippen LogP contribution in [0.4, 0.5) is 0 Å². The predicted molar refractivity (Wildman–Crippen MR) is 83.3 cm³/mol. The number of thiophene rings is 1. The van der Waals surface area contributed by atoms with Crippen LogP contribution in [0.15, 0.2) is 28.5 Å². The first-order chi connectivity index (χ1) is 9.88. The summed E-state index contributed by atoms with van der Waals surface area (Å²) in [4.78, 5) is 0.746. The van der Waals surface area contributed by atoms with Gasteiger partial charge in [0.2, 0.25) is 10.0 Å². The molecular formula is C13H13ClN2O3S2. The molecule has 4 N–H and O–H groups in total. The minimum Gasteiger partial charge on any atom is -0.488 e. The van der Waals surface area contributed by atoms with E-state index in [-0.39, 0.29) is 10.3 Å². The Morgan fingerprint density at radius 3 is 2.76 bits per heavy atom. The van der Waals surface area contributed by atoms with E-state index in [1.54, 1.807) is 12.1 Å². The lowest BCUT2D eigenvalue weighted by Gasteiger charge is -2.10.